The van der Waals surface area contributed by atoms with Gasteiger partial charge in [-0.05, 0) is 93.3 Å². The predicted molar refractivity (Wildman–Crippen MR) is 149 cm³/mol. The molecule has 0 amide bonds. The van der Waals surface area contributed by atoms with E-state index in [1.165, 1.54) is 0 Å². The third-order valence-corrected chi connectivity index (χ3v) is 7.03. The van der Waals surface area contributed by atoms with Crippen molar-refractivity contribution in [3.63, 3.8) is 0 Å². The Bertz CT molecular complexity index is 1660. The molecule has 0 spiro atoms. The third kappa shape index (κ3) is 3.49. The zero-order valence-electron chi connectivity index (χ0n) is 21.4. The van der Waals surface area contributed by atoms with Gasteiger partial charge in [0.15, 0.2) is 0 Å². The molecule has 1 aromatic heterocycles. The molecule has 4 nitrogen and oxygen atoms in total. The molecule has 180 valence electrons. The van der Waals surface area contributed by atoms with Gasteiger partial charge in [0.05, 0.1) is 16.7 Å². The van der Waals surface area contributed by atoms with Crippen molar-refractivity contribution < 1.29 is 9.90 Å². The molecule has 0 aliphatic heterocycles. The second-order valence-electron chi connectivity index (χ2n) is 9.81. The number of hydrogen-bond acceptors (Lipinski definition) is 3. The minimum absolute atomic E-state index is 0.0277. The summed E-state index contributed by atoms with van der Waals surface area (Å²) in [6, 6.07) is 20.0. The normalized spacial score (nSPS) is 14.9. The van der Waals surface area contributed by atoms with Gasteiger partial charge in [0, 0.05) is 28.0 Å². The molecule has 36 heavy (non-hydrogen) atoms. The molecule has 0 atom stereocenters. The Kier molecular flexibility index (Phi) is 5.48. The van der Waals surface area contributed by atoms with Crippen LogP contribution in [0.3, 0.4) is 0 Å². The fourth-order valence-corrected chi connectivity index (χ4v) is 5.25. The summed E-state index contributed by atoms with van der Waals surface area (Å²) < 4.78 is 2.11. The number of aliphatic hydroxyl groups is 1. The topological polar surface area (TPSA) is 68.2 Å². The molecule has 1 aliphatic rings. The highest BCUT2D eigenvalue weighted by molar-refractivity contribution is 6.43. The van der Waals surface area contributed by atoms with E-state index in [9.17, 15) is 9.90 Å². The number of aromatic nitrogens is 1. The molecule has 0 saturated heterocycles. The first-order valence-electron chi connectivity index (χ1n) is 12.0. The Balaban J connectivity index is 1.80. The van der Waals surface area contributed by atoms with Crippen LogP contribution in [0.4, 0.5) is 5.69 Å². The predicted octanol–water partition coefficient (Wildman–Crippen LogP) is 7.33. The maximum Gasteiger partial charge on any atom is 0.201 e. The summed E-state index contributed by atoms with van der Waals surface area (Å²) in [4.78, 5) is 13.8. The van der Waals surface area contributed by atoms with Gasteiger partial charge in [-0.2, -0.15) is 0 Å². The van der Waals surface area contributed by atoms with Crippen LogP contribution in [-0.4, -0.2) is 15.5 Å². The fourth-order valence-electron chi connectivity index (χ4n) is 5.25. The fraction of sp³-hybridized carbons (Fsp3) is 0.156. The Morgan fingerprint density at radius 3 is 2.19 bits per heavy atom. The lowest BCUT2D eigenvalue weighted by atomic mass is 9.76. The molecule has 0 fully saturated rings. The van der Waals surface area contributed by atoms with Crippen LogP contribution < -0.4 is 5.73 Å². The van der Waals surface area contributed by atoms with Crippen LogP contribution in [0.25, 0.3) is 27.7 Å². The Morgan fingerprint density at radius 2 is 1.56 bits per heavy atom. The van der Waals surface area contributed by atoms with E-state index in [-0.39, 0.29) is 11.5 Å². The number of hydrogen-bond donors (Lipinski definition) is 2. The molecule has 1 heterocycles. The van der Waals surface area contributed by atoms with Gasteiger partial charge in [0.25, 0.3) is 0 Å². The van der Waals surface area contributed by atoms with Crippen molar-refractivity contribution in [1.29, 1.82) is 0 Å². The number of rotatable bonds is 4. The molecule has 4 aromatic rings. The number of carbonyl (C=O) groups excluding carboxylic acids is 1. The van der Waals surface area contributed by atoms with Gasteiger partial charge in [0.1, 0.15) is 5.76 Å². The minimum Gasteiger partial charge on any atom is -0.506 e. The second-order valence-corrected chi connectivity index (χ2v) is 9.81. The summed E-state index contributed by atoms with van der Waals surface area (Å²) in [6.07, 6.45) is 0. The number of allylic oxidation sites excluding steroid dienone is 4. The lowest BCUT2D eigenvalue weighted by Crippen LogP contribution is -2.23. The number of nitrogen functional groups attached to an aromatic ring is 1. The van der Waals surface area contributed by atoms with Gasteiger partial charge in [-0.3, -0.25) is 4.79 Å². The molecule has 0 unspecified atom stereocenters. The van der Waals surface area contributed by atoms with Gasteiger partial charge in [-0.1, -0.05) is 42.0 Å². The monoisotopic (exact) mass is 474 g/mol. The highest BCUT2D eigenvalue weighted by atomic mass is 16.3. The van der Waals surface area contributed by atoms with Crippen molar-refractivity contribution in [1.82, 2.24) is 4.57 Å². The summed E-state index contributed by atoms with van der Waals surface area (Å²) in [7, 11) is 0. The number of fused-ring (bicyclic) bond motifs is 1. The third-order valence-electron chi connectivity index (χ3n) is 7.03. The van der Waals surface area contributed by atoms with Crippen LogP contribution in [0.5, 0.6) is 0 Å². The minimum atomic E-state index is -0.160. The molecule has 0 radical (unpaired) electrons. The molecule has 1 aliphatic carbocycles. The summed E-state index contributed by atoms with van der Waals surface area (Å²) >= 11 is 0. The zero-order valence-corrected chi connectivity index (χ0v) is 21.4. The zero-order chi connectivity index (χ0) is 25.9. The Labute approximate surface area is 211 Å². The van der Waals surface area contributed by atoms with Gasteiger partial charge >= 0.3 is 0 Å². The van der Waals surface area contributed by atoms with Crippen molar-refractivity contribution >= 4 is 33.5 Å². The summed E-state index contributed by atoms with van der Waals surface area (Å²) in [5.41, 5.74) is 16.5. The average Bonchev–Trinajstić information content (AvgIpc) is 3.10. The van der Waals surface area contributed by atoms with Gasteiger partial charge in [0.2, 0.25) is 5.78 Å². The van der Waals surface area contributed by atoms with Crippen LogP contribution in [0.1, 0.15) is 40.4 Å². The van der Waals surface area contributed by atoms with Crippen molar-refractivity contribution in [2.24, 2.45) is 0 Å². The molecule has 0 saturated carbocycles. The number of benzene rings is 3. The summed E-state index contributed by atoms with van der Waals surface area (Å²) in [5.74, 6) is -0.132. The number of carbonyl (C=O) groups is 1. The van der Waals surface area contributed by atoms with E-state index in [0.29, 0.717) is 22.4 Å². The largest absolute Gasteiger partial charge is 0.506 e. The Morgan fingerprint density at radius 1 is 0.917 bits per heavy atom. The highest BCUT2D eigenvalue weighted by Gasteiger charge is 2.40. The number of anilines is 1. The number of ketones is 1. The number of aryl methyl sites for hydroxylation is 3. The lowest BCUT2D eigenvalue weighted by Gasteiger charge is -2.26. The van der Waals surface area contributed by atoms with Gasteiger partial charge in [-0.15, -0.1) is 0 Å². The molecular weight excluding hydrogens is 444 g/mol. The quantitative estimate of drug-likeness (QED) is 0.240. The van der Waals surface area contributed by atoms with E-state index < -0.39 is 0 Å². The van der Waals surface area contributed by atoms with Crippen LogP contribution >= 0.6 is 0 Å². The summed E-state index contributed by atoms with van der Waals surface area (Å²) in [6.45, 7) is 14.1. The van der Waals surface area contributed by atoms with E-state index >= 15 is 0 Å². The van der Waals surface area contributed by atoms with E-state index in [4.69, 9.17) is 5.73 Å². The maximum atomic E-state index is 13.8. The first kappa shape index (κ1) is 23.4. The van der Waals surface area contributed by atoms with Crippen LogP contribution in [0.15, 0.2) is 84.1 Å². The number of nitrogens with zero attached hydrogens (tertiary/aromatic N) is 1. The standard InChI is InChI=1S/C32H30N2O2/c1-17(2)27(24-15-18(3)7-9-20(24)5)29-31(35)30(32(29)36)28-21(6)34(23-12-10-22(33)11-13-23)26-14-8-19(4)16-25(26)28/h7-16,35H,1,33H2,2-6H3/b29-27+. The first-order chi connectivity index (χ1) is 17.1. The van der Waals surface area contributed by atoms with Crippen LogP contribution in [-0.2, 0) is 4.79 Å². The molecule has 0 bridgehead atoms. The van der Waals surface area contributed by atoms with Crippen molar-refractivity contribution in [3.8, 4) is 5.69 Å². The number of Topliss-reactive ketones (excluding diaryl/α,β-unsaturated/α-hetero) is 1. The van der Waals surface area contributed by atoms with Crippen LogP contribution in [0, 0.1) is 27.7 Å². The average molecular weight is 475 g/mol. The molecular formula is C32H30N2O2. The molecule has 5 rings (SSSR count). The van der Waals surface area contributed by atoms with Crippen molar-refractivity contribution in [2.45, 2.75) is 34.6 Å². The Hall–Kier alpha value is -4.31. The SMILES string of the molecule is C=C(C)/C(=C1\C(=O)C(c2c(C)n(-c3ccc(N)cc3)c3ccc(C)cc23)=C1O)c1cc(C)ccc1C. The van der Waals surface area contributed by atoms with E-state index in [2.05, 4.69) is 29.3 Å². The highest BCUT2D eigenvalue weighted by Crippen LogP contribution is 2.46. The maximum absolute atomic E-state index is 13.8. The summed E-state index contributed by atoms with van der Waals surface area (Å²) in [5, 5.41) is 12.4. The van der Waals surface area contributed by atoms with Gasteiger partial charge in [-0.25, -0.2) is 0 Å². The van der Waals surface area contributed by atoms with E-state index in [0.717, 1.165) is 55.7 Å². The van der Waals surface area contributed by atoms with Gasteiger partial charge < -0.3 is 15.4 Å². The molecule has 3 N–H and O–H groups in total. The van der Waals surface area contributed by atoms with Crippen molar-refractivity contribution in [2.75, 3.05) is 5.73 Å². The van der Waals surface area contributed by atoms with E-state index in [1.807, 2.05) is 77.1 Å². The van der Waals surface area contributed by atoms with Crippen LogP contribution in [0.2, 0.25) is 0 Å². The van der Waals surface area contributed by atoms with E-state index in [1.54, 1.807) is 0 Å². The second kappa shape index (κ2) is 8.42. The molecule has 4 heteroatoms. The number of nitrogens with two attached hydrogens (primary N) is 1. The number of aliphatic hydroxyl groups excluding tert-OH is 1. The van der Waals surface area contributed by atoms with Crippen molar-refractivity contribution in [3.05, 3.63) is 118 Å². The first-order valence-corrected chi connectivity index (χ1v) is 12.0. The molecule has 3 aromatic carbocycles. The smallest absolute Gasteiger partial charge is 0.201 e. The lowest BCUT2D eigenvalue weighted by molar-refractivity contribution is -0.111.